The largest absolute Gasteiger partial charge is 0.465 e. The Labute approximate surface area is 239 Å². The zero-order valence-electron chi connectivity index (χ0n) is 24.0. The van der Waals surface area contributed by atoms with Crippen molar-refractivity contribution in [2.75, 3.05) is 63.8 Å². The number of amides is 2. The van der Waals surface area contributed by atoms with Crippen molar-refractivity contribution in [1.82, 2.24) is 24.6 Å². The minimum atomic E-state index is -4.44. The number of aromatic nitrogens is 1. The Morgan fingerprint density at radius 1 is 0.927 bits per heavy atom. The van der Waals surface area contributed by atoms with Gasteiger partial charge in [-0.3, -0.25) is 9.80 Å². The summed E-state index contributed by atoms with van der Waals surface area (Å²) in [5.41, 5.74) is -0.709. The number of nitrogens with zero attached hydrogens (tertiary/aromatic N) is 6. The molecule has 13 heteroatoms. The molecule has 1 unspecified atom stereocenters. The number of hydrogen-bond acceptors (Lipinski definition) is 6. The monoisotopic (exact) mass is 584 g/mol. The number of anilines is 1. The van der Waals surface area contributed by atoms with E-state index in [9.17, 15) is 27.9 Å². The maximum atomic E-state index is 13.3. The van der Waals surface area contributed by atoms with Crippen molar-refractivity contribution in [3.05, 3.63) is 23.9 Å². The molecule has 4 aliphatic rings. The second-order valence-electron chi connectivity index (χ2n) is 11.7. The molecule has 230 valence electrons. The highest BCUT2D eigenvalue weighted by Gasteiger charge is 2.41. The van der Waals surface area contributed by atoms with Gasteiger partial charge in [-0.1, -0.05) is 6.42 Å². The lowest BCUT2D eigenvalue weighted by Crippen LogP contribution is -2.61. The molecule has 3 aliphatic heterocycles. The van der Waals surface area contributed by atoms with E-state index in [1.54, 1.807) is 9.80 Å². The molecule has 1 aromatic rings. The number of carboxylic acid groups (broad SMARTS) is 2. The summed E-state index contributed by atoms with van der Waals surface area (Å²) in [6, 6.07) is 3.38. The van der Waals surface area contributed by atoms with Crippen molar-refractivity contribution in [2.45, 2.75) is 70.3 Å². The minimum Gasteiger partial charge on any atom is -0.465 e. The van der Waals surface area contributed by atoms with Gasteiger partial charge in [-0.25, -0.2) is 14.6 Å². The summed E-state index contributed by atoms with van der Waals surface area (Å²) in [6.07, 6.45) is 0.192. The van der Waals surface area contributed by atoms with Crippen molar-refractivity contribution in [3.8, 4) is 0 Å². The molecule has 4 heterocycles. The second-order valence-corrected chi connectivity index (χ2v) is 11.7. The maximum Gasteiger partial charge on any atom is 0.419 e. The van der Waals surface area contributed by atoms with Gasteiger partial charge >= 0.3 is 18.4 Å². The summed E-state index contributed by atoms with van der Waals surface area (Å²) in [7, 11) is 0. The lowest BCUT2D eigenvalue weighted by molar-refractivity contribution is -0.137. The number of piperidine rings is 1. The first-order valence-corrected chi connectivity index (χ1v) is 14.7. The van der Waals surface area contributed by atoms with E-state index in [0.29, 0.717) is 57.6 Å². The Bertz CT molecular complexity index is 1020. The molecule has 10 nitrogen and oxygen atoms in total. The van der Waals surface area contributed by atoms with Crippen LogP contribution in [0.2, 0.25) is 0 Å². The number of halogens is 3. The number of rotatable bonds is 4. The van der Waals surface area contributed by atoms with E-state index in [0.717, 1.165) is 32.2 Å². The van der Waals surface area contributed by atoms with Gasteiger partial charge in [0.05, 0.1) is 11.6 Å². The number of piperazine rings is 2. The average Bonchev–Trinajstić information content (AvgIpc) is 2.92. The molecule has 1 atom stereocenters. The highest BCUT2D eigenvalue weighted by atomic mass is 19.4. The highest BCUT2D eigenvalue weighted by molar-refractivity contribution is 5.66. The molecule has 41 heavy (non-hydrogen) atoms. The van der Waals surface area contributed by atoms with Crippen LogP contribution in [0.5, 0.6) is 0 Å². The summed E-state index contributed by atoms with van der Waals surface area (Å²) in [4.78, 5) is 35.7. The van der Waals surface area contributed by atoms with Crippen molar-refractivity contribution in [1.29, 1.82) is 0 Å². The van der Waals surface area contributed by atoms with Gasteiger partial charge in [0.25, 0.3) is 0 Å². The predicted octanol–water partition coefficient (Wildman–Crippen LogP) is 4.22. The van der Waals surface area contributed by atoms with E-state index in [1.807, 2.05) is 0 Å². The van der Waals surface area contributed by atoms with Crippen LogP contribution in [0.15, 0.2) is 18.3 Å². The molecule has 4 fully saturated rings. The normalized spacial score (nSPS) is 23.7. The van der Waals surface area contributed by atoms with E-state index in [4.69, 9.17) is 5.11 Å². The fourth-order valence-electron chi connectivity index (χ4n) is 6.35. The van der Waals surface area contributed by atoms with Crippen LogP contribution in [0.3, 0.4) is 0 Å². The average molecular weight is 585 g/mol. The van der Waals surface area contributed by atoms with E-state index in [-0.39, 0.29) is 17.8 Å². The van der Waals surface area contributed by atoms with Gasteiger partial charge in [0, 0.05) is 77.2 Å². The van der Waals surface area contributed by atoms with E-state index < -0.39 is 23.9 Å². The molecule has 3 saturated heterocycles. The molecule has 5 rings (SSSR count). The van der Waals surface area contributed by atoms with E-state index in [1.165, 1.54) is 36.4 Å². The molecule has 1 saturated carbocycles. The standard InChI is InChI=1S/C20H27F3N4O2.C8H16N2O2/c21-20(22,23)16-5-2-8-24-18(16)25-9-6-14(7-10-25)17-13-26(15-3-1-4-15)11-12-27(17)19(28)29;1-7(2)9-3-5-10(6-4-9)8(11)12/h2,5,8,14-15,17H,1,3-4,6-7,9-13H2,(H,28,29);7H,3-6H2,1-2H3,(H,11,12). The molecule has 0 bridgehead atoms. The van der Waals surface area contributed by atoms with Crippen LogP contribution in [-0.4, -0.2) is 124 Å². The molecule has 2 amide bonds. The Balaban J connectivity index is 0.000000271. The summed E-state index contributed by atoms with van der Waals surface area (Å²) in [5, 5.41) is 18.3. The molecule has 1 aliphatic carbocycles. The molecule has 0 aromatic carbocycles. The number of pyridine rings is 1. The van der Waals surface area contributed by atoms with E-state index >= 15 is 0 Å². The van der Waals surface area contributed by atoms with Crippen LogP contribution in [0.25, 0.3) is 0 Å². The Morgan fingerprint density at radius 2 is 1.59 bits per heavy atom. The molecule has 0 radical (unpaired) electrons. The fourth-order valence-corrected chi connectivity index (χ4v) is 6.35. The van der Waals surface area contributed by atoms with Crippen LogP contribution >= 0.6 is 0 Å². The zero-order chi connectivity index (χ0) is 29.7. The molecule has 2 N–H and O–H groups in total. The predicted molar refractivity (Wildman–Crippen MR) is 148 cm³/mol. The first-order chi connectivity index (χ1) is 19.5. The molecule has 0 spiro atoms. The van der Waals surface area contributed by atoms with Crippen molar-refractivity contribution < 1.29 is 33.0 Å². The van der Waals surface area contributed by atoms with Crippen LogP contribution in [0, 0.1) is 5.92 Å². The van der Waals surface area contributed by atoms with Gasteiger partial charge in [0.15, 0.2) is 0 Å². The quantitative estimate of drug-likeness (QED) is 0.542. The van der Waals surface area contributed by atoms with Crippen LogP contribution in [-0.2, 0) is 6.18 Å². The fraction of sp³-hybridized carbons (Fsp3) is 0.750. The third-order valence-electron chi connectivity index (χ3n) is 9.08. The first-order valence-electron chi connectivity index (χ1n) is 14.7. The van der Waals surface area contributed by atoms with Gasteiger partial charge in [-0.2, -0.15) is 13.2 Å². The van der Waals surface area contributed by atoms with Crippen molar-refractivity contribution in [3.63, 3.8) is 0 Å². The highest BCUT2D eigenvalue weighted by Crippen LogP contribution is 2.38. The SMILES string of the molecule is CC(C)N1CCN(C(=O)O)CC1.O=C(O)N1CCN(C2CCC2)CC1C1CCN(c2ncccc2C(F)(F)F)CC1. The van der Waals surface area contributed by atoms with Gasteiger partial charge in [-0.15, -0.1) is 0 Å². The van der Waals surface area contributed by atoms with E-state index in [2.05, 4.69) is 28.6 Å². The Morgan fingerprint density at radius 3 is 2.10 bits per heavy atom. The number of carbonyl (C=O) groups is 2. The summed E-state index contributed by atoms with van der Waals surface area (Å²) in [5.74, 6) is 0.136. The zero-order valence-corrected chi connectivity index (χ0v) is 24.0. The molecule has 1 aromatic heterocycles. The number of alkyl halides is 3. The van der Waals surface area contributed by atoms with Gasteiger partial charge in [-0.05, 0) is 57.6 Å². The van der Waals surface area contributed by atoms with Gasteiger partial charge in [0.2, 0.25) is 0 Å². The molecular formula is C28H43F3N6O4. The summed E-state index contributed by atoms with van der Waals surface area (Å²) in [6.45, 7) is 10.2. The summed E-state index contributed by atoms with van der Waals surface area (Å²) >= 11 is 0. The molecular weight excluding hydrogens is 541 g/mol. The minimum absolute atomic E-state index is 0.0201. The summed E-state index contributed by atoms with van der Waals surface area (Å²) < 4.78 is 40.0. The third kappa shape index (κ3) is 7.73. The lowest BCUT2D eigenvalue weighted by Gasteiger charge is -2.49. The van der Waals surface area contributed by atoms with Crippen molar-refractivity contribution >= 4 is 18.0 Å². The van der Waals surface area contributed by atoms with Crippen LogP contribution < -0.4 is 4.90 Å². The third-order valence-corrected chi connectivity index (χ3v) is 9.08. The topological polar surface area (TPSA) is 104 Å². The second kappa shape index (κ2) is 13.5. The number of hydrogen-bond donors (Lipinski definition) is 2. The van der Waals surface area contributed by atoms with Crippen LogP contribution in [0.1, 0.15) is 51.5 Å². The van der Waals surface area contributed by atoms with Crippen molar-refractivity contribution in [2.24, 2.45) is 5.92 Å². The maximum absolute atomic E-state index is 13.3. The van der Waals surface area contributed by atoms with Gasteiger partial charge < -0.3 is 24.9 Å². The lowest BCUT2D eigenvalue weighted by atomic mass is 9.84. The smallest absolute Gasteiger partial charge is 0.419 e. The van der Waals surface area contributed by atoms with Crippen LogP contribution in [0.4, 0.5) is 28.6 Å². The first kappa shape index (κ1) is 31.1. The van der Waals surface area contributed by atoms with Gasteiger partial charge in [0.1, 0.15) is 5.82 Å². The Kier molecular flexibility index (Phi) is 10.2. The Hall–Kier alpha value is -2.80.